The van der Waals surface area contributed by atoms with Crippen LogP contribution in [-0.2, 0) is 16.6 Å². The first-order chi connectivity index (χ1) is 9.50. The molecule has 0 amide bonds. The zero-order valence-electron chi connectivity index (χ0n) is 11.5. The molecule has 112 valence electrons. The first-order valence-corrected chi connectivity index (χ1v) is 9.15. The van der Waals surface area contributed by atoms with Crippen molar-refractivity contribution in [2.45, 2.75) is 50.2 Å². The number of sulfonamides is 1. The van der Waals surface area contributed by atoms with Gasteiger partial charge in [-0.25, -0.2) is 8.42 Å². The van der Waals surface area contributed by atoms with E-state index in [4.69, 9.17) is 5.11 Å². The van der Waals surface area contributed by atoms with Crippen LogP contribution in [0, 0.1) is 0 Å². The van der Waals surface area contributed by atoms with Gasteiger partial charge in [0, 0.05) is 17.1 Å². The fourth-order valence-corrected chi connectivity index (χ4v) is 5.53. The van der Waals surface area contributed by atoms with Crippen molar-refractivity contribution in [1.82, 2.24) is 4.31 Å². The van der Waals surface area contributed by atoms with E-state index in [2.05, 4.69) is 15.9 Å². The van der Waals surface area contributed by atoms with Crippen molar-refractivity contribution in [1.29, 1.82) is 0 Å². The van der Waals surface area contributed by atoms with Crippen LogP contribution in [0.25, 0.3) is 0 Å². The number of nitrogens with zero attached hydrogens (tertiary/aromatic N) is 1. The molecule has 1 aromatic carbocycles. The van der Waals surface area contributed by atoms with Gasteiger partial charge in [0.25, 0.3) is 0 Å². The summed E-state index contributed by atoms with van der Waals surface area (Å²) in [5, 5.41) is 9.10. The first kappa shape index (κ1) is 15.9. The van der Waals surface area contributed by atoms with Crippen molar-refractivity contribution in [3.8, 4) is 0 Å². The monoisotopic (exact) mass is 361 g/mol. The van der Waals surface area contributed by atoms with Gasteiger partial charge in [0.05, 0.1) is 11.5 Å². The summed E-state index contributed by atoms with van der Waals surface area (Å²) in [7, 11) is -3.47. The third-order valence-corrected chi connectivity index (χ3v) is 6.74. The molecule has 0 aliphatic carbocycles. The van der Waals surface area contributed by atoms with Crippen molar-refractivity contribution < 1.29 is 13.5 Å². The van der Waals surface area contributed by atoms with Gasteiger partial charge < -0.3 is 5.11 Å². The number of halogens is 1. The van der Waals surface area contributed by atoms with Crippen LogP contribution in [0.4, 0.5) is 0 Å². The highest BCUT2D eigenvalue weighted by atomic mass is 79.9. The topological polar surface area (TPSA) is 57.6 Å². The maximum atomic E-state index is 12.8. The standard InChI is InChI=1S/C14H20BrNO3S/c1-2-12-5-3-4-8-16(12)20(18,19)14-7-6-11(10-17)9-13(14)15/h6-7,9,12,17H,2-5,8,10H2,1H3. The molecule has 0 aromatic heterocycles. The molecule has 0 bridgehead atoms. The third kappa shape index (κ3) is 3.08. The fraction of sp³-hybridized carbons (Fsp3) is 0.571. The van der Waals surface area contributed by atoms with Gasteiger partial charge in [-0.2, -0.15) is 4.31 Å². The van der Waals surface area contributed by atoms with Crippen LogP contribution in [0.3, 0.4) is 0 Å². The van der Waals surface area contributed by atoms with Gasteiger partial charge in [-0.15, -0.1) is 0 Å². The summed E-state index contributed by atoms with van der Waals surface area (Å²) >= 11 is 3.32. The lowest BCUT2D eigenvalue weighted by Crippen LogP contribution is -2.43. The normalized spacial score (nSPS) is 21.1. The van der Waals surface area contributed by atoms with Gasteiger partial charge in [-0.3, -0.25) is 0 Å². The Hall–Kier alpha value is -0.430. The second kappa shape index (κ2) is 6.56. The average Bonchev–Trinajstić information content (AvgIpc) is 2.46. The predicted octanol–water partition coefficient (Wildman–Crippen LogP) is 2.89. The van der Waals surface area contributed by atoms with Crippen molar-refractivity contribution in [3.05, 3.63) is 28.2 Å². The Morgan fingerprint density at radius 1 is 1.40 bits per heavy atom. The van der Waals surface area contributed by atoms with Gasteiger partial charge in [0.2, 0.25) is 10.0 Å². The van der Waals surface area contributed by atoms with Crippen LogP contribution in [0.1, 0.15) is 38.2 Å². The van der Waals surface area contributed by atoms with Crippen molar-refractivity contribution in [3.63, 3.8) is 0 Å². The van der Waals surface area contributed by atoms with E-state index in [0.717, 1.165) is 25.7 Å². The lowest BCUT2D eigenvalue weighted by atomic mass is 10.0. The maximum absolute atomic E-state index is 12.8. The predicted molar refractivity (Wildman–Crippen MR) is 81.9 cm³/mol. The summed E-state index contributed by atoms with van der Waals surface area (Å²) < 4.78 is 27.8. The lowest BCUT2D eigenvalue weighted by molar-refractivity contribution is 0.246. The van der Waals surface area contributed by atoms with Crippen molar-refractivity contribution in [2.75, 3.05) is 6.54 Å². The van der Waals surface area contributed by atoms with E-state index in [1.54, 1.807) is 22.5 Å². The van der Waals surface area contributed by atoms with Crippen molar-refractivity contribution in [2.24, 2.45) is 0 Å². The van der Waals surface area contributed by atoms with E-state index in [1.165, 1.54) is 0 Å². The smallest absolute Gasteiger partial charge is 0.244 e. The number of benzene rings is 1. The summed E-state index contributed by atoms with van der Waals surface area (Å²) in [6.45, 7) is 2.53. The molecule has 1 aliphatic heterocycles. The van der Waals surface area contributed by atoms with Crippen molar-refractivity contribution >= 4 is 26.0 Å². The summed E-state index contributed by atoms with van der Waals surface area (Å²) in [5.74, 6) is 0. The number of rotatable bonds is 4. The zero-order chi connectivity index (χ0) is 14.8. The molecule has 1 N–H and O–H groups in total. The minimum atomic E-state index is -3.47. The van der Waals surface area contributed by atoms with Crippen LogP contribution in [-0.4, -0.2) is 30.4 Å². The Morgan fingerprint density at radius 2 is 2.15 bits per heavy atom. The number of piperidine rings is 1. The SMILES string of the molecule is CCC1CCCCN1S(=O)(=O)c1ccc(CO)cc1Br. The van der Waals surface area contributed by atoms with Crippen LogP contribution >= 0.6 is 15.9 Å². The minimum Gasteiger partial charge on any atom is -0.392 e. The molecule has 1 unspecified atom stereocenters. The summed E-state index contributed by atoms with van der Waals surface area (Å²) in [6, 6.07) is 4.99. The number of aliphatic hydroxyl groups is 1. The molecule has 1 aromatic rings. The Kier molecular flexibility index (Phi) is 5.23. The molecule has 1 fully saturated rings. The molecule has 2 rings (SSSR count). The molecule has 1 aliphatic rings. The molecule has 0 saturated carbocycles. The highest BCUT2D eigenvalue weighted by Crippen LogP contribution is 2.31. The highest BCUT2D eigenvalue weighted by Gasteiger charge is 2.33. The molecule has 0 spiro atoms. The molecule has 20 heavy (non-hydrogen) atoms. The zero-order valence-corrected chi connectivity index (χ0v) is 14.0. The van der Waals surface area contributed by atoms with Crippen LogP contribution < -0.4 is 0 Å². The summed E-state index contributed by atoms with van der Waals surface area (Å²) in [5.41, 5.74) is 0.696. The van der Waals surface area contributed by atoms with Gasteiger partial charge in [-0.05, 0) is 52.9 Å². The highest BCUT2D eigenvalue weighted by molar-refractivity contribution is 9.10. The quantitative estimate of drug-likeness (QED) is 0.896. The van der Waals surface area contributed by atoms with E-state index >= 15 is 0 Å². The van der Waals surface area contributed by atoms with Gasteiger partial charge in [-0.1, -0.05) is 19.4 Å². The second-order valence-corrected chi connectivity index (χ2v) is 7.81. The number of hydrogen-bond acceptors (Lipinski definition) is 3. The minimum absolute atomic E-state index is 0.0955. The molecule has 4 nitrogen and oxygen atoms in total. The third-order valence-electron chi connectivity index (χ3n) is 3.81. The van der Waals surface area contributed by atoms with E-state index in [0.29, 0.717) is 16.6 Å². The summed E-state index contributed by atoms with van der Waals surface area (Å²) in [4.78, 5) is 0.287. The Bertz CT molecular complexity index is 574. The second-order valence-electron chi connectivity index (χ2n) is 5.10. The molecule has 1 atom stereocenters. The van der Waals surface area contributed by atoms with E-state index in [1.807, 2.05) is 6.92 Å². The van der Waals surface area contributed by atoms with Gasteiger partial charge in [0.1, 0.15) is 0 Å². The Labute approximate surface area is 129 Å². The van der Waals surface area contributed by atoms with Crippen LogP contribution in [0.15, 0.2) is 27.6 Å². The lowest BCUT2D eigenvalue weighted by Gasteiger charge is -2.34. The molecule has 1 saturated heterocycles. The molecule has 1 heterocycles. The molecular weight excluding hydrogens is 342 g/mol. The molecular formula is C14H20BrNO3S. The number of hydrogen-bond donors (Lipinski definition) is 1. The van der Waals surface area contributed by atoms with E-state index in [9.17, 15) is 8.42 Å². The van der Waals surface area contributed by atoms with Crippen LogP contribution in [0.2, 0.25) is 0 Å². The van der Waals surface area contributed by atoms with E-state index < -0.39 is 10.0 Å². The number of aliphatic hydroxyl groups excluding tert-OH is 1. The van der Waals surface area contributed by atoms with Crippen LogP contribution in [0.5, 0.6) is 0 Å². The molecule has 6 heteroatoms. The van der Waals surface area contributed by atoms with Gasteiger partial charge >= 0.3 is 0 Å². The Balaban J connectivity index is 2.38. The average molecular weight is 362 g/mol. The van der Waals surface area contributed by atoms with Gasteiger partial charge in [0.15, 0.2) is 0 Å². The summed E-state index contributed by atoms with van der Waals surface area (Å²) in [6.07, 6.45) is 3.78. The maximum Gasteiger partial charge on any atom is 0.244 e. The fourth-order valence-electron chi connectivity index (χ4n) is 2.68. The first-order valence-electron chi connectivity index (χ1n) is 6.91. The van der Waals surface area contributed by atoms with E-state index in [-0.39, 0.29) is 17.5 Å². The molecule has 0 radical (unpaired) electrons. The largest absolute Gasteiger partial charge is 0.392 e. The Morgan fingerprint density at radius 3 is 2.75 bits per heavy atom.